The number of rotatable bonds is 4. The van der Waals surface area contributed by atoms with Gasteiger partial charge in [-0.2, -0.15) is 0 Å². The third-order valence-electron chi connectivity index (χ3n) is 3.20. The van der Waals surface area contributed by atoms with Crippen molar-refractivity contribution in [1.29, 1.82) is 0 Å². The van der Waals surface area contributed by atoms with Gasteiger partial charge in [-0.05, 0) is 29.8 Å². The molecule has 0 radical (unpaired) electrons. The van der Waals surface area contributed by atoms with Gasteiger partial charge in [-0.1, -0.05) is 24.3 Å². The Morgan fingerprint density at radius 2 is 2.05 bits per heavy atom. The Balaban J connectivity index is 2.04. The van der Waals surface area contributed by atoms with Gasteiger partial charge in [0.05, 0.1) is 19.1 Å². The van der Waals surface area contributed by atoms with Crippen molar-refractivity contribution < 1.29 is 19.4 Å². The van der Waals surface area contributed by atoms with Gasteiger partial charge in [-0.3, -0.25) is 9.59 Å². The van der Waals surface area contributed by atoms with Gasteiger partial charge in [0.2, 0.25) is 0 Å². The molecule has 104 valence electrons. The van der Waals surface area contributed by atoms with Crippen LogP contribution in [0.4, 0.5) is 0 Å². The van der Waals surface area contributed by atoms with Crippen molar-refractivity contribution in [3.63, 3.8) is 0 Å². The summed E-state index contributed by atoms with van der Waals surface area (Å²) in [6, 6.07) is 7.27. The number of aliphatic hydroxyl groups is 1. The summed E-state index contributed by atoms with van der Waals surface area (Å²) in [5, 5.41) is 9.73. The number of hydrogen-bond acceptors (Lipinski definition) is 4. The molecule has 0 saturated carbocycles. The highest BCUT2D eigenvalue weighted by atomic mass is 16.5. The second-order valence-electron chi connectivity index (χ2n) is 4.63. The second kappa shape index (κ2) is 6.30. The van der Waals surface area contributed by atoms with E-state index in [9.17, 15) is 14.7 Å². The van der Waals surface area contributed by atoms with E-state index in [0.717, 1.165) is 11.3 Å². The number of carbonyl (C=O) groups is 2. The average molecular weight is 272 g/mol. The highest BCUT2D eigenvalue weighted by Gasteiger charge is 2.27. The maximum Gasteiger partial charge on any atom is 0.165 e. The molecule has 0 aromatic heterocycles. The van der Waals surface area contributed by atoms with Gasteiger partial charge in [0, 0.05) is 6.42 Å². The van der Waals surface area contributed by atoms with Crippen molar-refractivity contribution in [2.75, 3.05) is 7.11 Å². The molecule has 4 heteroatoms. The van der Waals surface area contributed by atoms with Crippen LogP contribution in [0, 0.1) is 5.92 Å². The summed E-state index contributed by atoms with van der Waals surface area (Å²) >= 11 is 0. The van der Waals surface area contributed by atoms with Crippen LogP contribution in [0.3, 0.4) is 0 Å². The van der Waals surface area contributed by atoms with Crippen molar-refractivity contribution in [2.45, 2.75) is 12.5 Å². The Bertz CT molecular complexity index is 554. The van der Waals surface area contributed by atoms with E-state index in [1.807, 2.05) is 12.1 Å². The molecule has 0 amide bonds. The van der Waals surface area contributed by atoms with E-state index >= 15 is 0 Å². The number of carbonyl (C=O) groups excluding carboxylic acids is 2. The maximum absolute atomic E-state index is 12.0. The molecule has 1 aromatic carbocycles. The summed E-state index contributed by atoms with van der Waals surface area (Å²) in [6.07, 6.45) is 5.01. The summed E-state index contributed by atoms with van der Waals surface area (Å²) in [5.74, 6) is -0.252. The summed E-state index contributed by atoms with van der Waals surface area (Å²) in [5.41, 5.74) is 0.865. The van der Waals surface area contributed by atoms with Crippen LogP contribution in [-0.4, -0.2) is 29.9 Å². The summed E-state index contributed by atoms with van der Waals surface area (Å²) in [6.45, 7) is 0. The van der Waals surface area contributed by atoms with Crippen molar-refractivity contribution in [1.82, 2.24) is 0 Å². The minimum absolute atomic E-state index is 0.00326. The second-order valence-corrected chi connectivity index (χ2v) is 4.63. The highest BCUT2D eigenvalue weighted by Crippen LogP contribution is 2.18. The highest BCUT2D eigenvalue weighted by molar-refractivity contribution is 6.00. The van der Waals surface area contributed by atoms with E-state index in [4.69, 9.17) is 4.74 Å². The first-order valence-corrected chi connectivity index (χ1v) is 6.35. The maximum atomic E-state index is 12.0. The van der Waals surface area contributed by atoms with Gasteiger partial charge < -0.3 is 9.84 Å². The predicted octanol–water partition coefficient (Wildman–Crippen LogP) is 1.78. The van der Waals surface area contributed by atoms with E-state index in [-0.39, 0.29) is 18.0 Å². The minimum Gasteiger partial charge on any atom is -0.497 e. The molecule has 0 saturated heterocycles. The molecule has 2 rings (SSSR count). The summed E-state index contributed by atoms with van der Waals surface area (Å²) < 4.78 is 5.05. The minimum atomic E-state index is -0.930. The Labute approximate surface area is 117 Å². The number of methoxy groups -OCH3 is 1. The topological polar surface area (TPSA) is 63.6 Å². The Hall–Kier alpha value is -2.20. The summed E-state index contributed by atoms with van der Waals surface area (Å²) in [7, 11) is 1.59. The first-order valence-electron chi connectivity index (χ1n) is 6.35. The molecule has 1 aliphatic carbocycles. The van der Waals surface area contributed by atoms with Crippen LogP contribution < -0.4 is 4.74 Å². The van der Waals surface area contributed by atoms with Crippen LogP contribution in [0.1, 0.15) is 12.0 Å². The smallest absolute Gasteiger partial charge is 0.165 e. The van der Waals surface area contributed by atoms with Crippen LogP contribution >= 0.6 is 0 Å². The molecule has 4 nitrogen and oxygen atoms in total. The number of aliphatic hydroxyl groups excluding tert-OH is 1. The molecule has 0 aliphatic heterocycles. The van der Waals surface area contributed by atoms with Gasteiger partial charge >= 0.3 is 0 Å². The fourth-order valence-corrected chi connectivity index (χ4v) is 2.03. The monoisotopic (exact) mass is 272 g/mol. The van der Waals surface area contributed by atoms with Crippen molar-refractivity contribution in [2.24, 2.45) is 5.92 Å². The van der Waals surface area contributed by atoms with Gasteiger partial charge in [0.1, 0.15) is 5.75 Å². The van der Waals surface area contributed by atoms with Crippen LogP contribution in [0.15, 0.2) is 42.5 Å². The standard InChI is InChI=1S/C16H16O4/c1-20-13-6-2-11(3-7-13)4-9-15(18)14-8-5-12(17)10-16(14)19/h2-9,14,16,19H,10H2,1H3. The Morgan fingerprint density at radius 1 is 1.35 bits per heavy atom. The third-order valence-corrected chi connectivity index (χ3v) is 3.20. The van der Waals surface area contributed by atoms with Gasteiger partial charge in [-0.15, -0.1) is 0 Å². The van der Waals surface area contributed by atoms with Crippen molar-refractivity contribution in [3.05, 3.63) is 48.1 Å². The SMILES string of the molecule is COc1ccc(C=CC(=O)C2C=CC(=O)CC2O)cc1. The molecular weight excluding hydrogens is 256 g/mol. The molecule has 20 heavy (non-hydrogen) atoms. The Morgan fingerprint density at radius 3 is 2.65 bits per heavy atom. The first kappa shape index (κ1) is 14.2. The number of hydrogen-bond donors (Lipinski definition) is 1. The van der Waals surface area contributed by atoms with Gasteiger partial charge in [-0.25, -0.2) is 0 Å². The lowest BCUT2D eigenvalue weighted by atomic mass is 9.88. The molecule has 2 atom stereocenters. The summed E-state index contributed by atoms with van der Waals surface area (Å²) in [4.78, 5) is 23.1. The molecule has 1 aromatic rings. The fraction of sp³-hybridized carbons (Fsp3) is 0.250. The number of allylic oxidation sites excluding steroid dienone is 2. The lowest BCUT2D eigenvalue weighted by Gasteiger charge is -2.19. The Kier molecular flexibility index (Phi) is 4.48. The average Bonchev–Trinajstić information content (AvgIpc) is 2.45. The van der Waals surface area contributed by atoms with Crippen LogP contribution in [-0.2, 0) is 9.59 Å². The zero-order chi connectivity index (χ0) is 14.5. The molecule has 0 bridgehead atoms. The van der Waals surface area contributed by atoms with E-state index < -0.39 is 12.0 Å². The van der Waals surface area contributed by atoms with E-state index in [2.05, 4.69) is 0 Å². The molecular formula is C16H16O4. The van der Waals surface area contributed by atoms with Crippen molar-refractivity contribution >= 4 is 17.6 Å². The van der Waals surface area contributed by atoms with Gasteiger partial charge in [0.25, 0.3) is 0 Å². The zero-order valence-electron chi connectivity index (χ0n) is 11.2. The molecule has 0 fully saturated rings. The molecule has 1 N–H and O–H groups in total. The van der Waals surface area contributed by atoms with Crippen LogP contribution in [0.5, 0.6) is 5.75 Å². The van der Waals surface area contributed by atoms with Crippen molar-refractivity contribution in [3.8, 4) is 5.75 Å². The molecule has 1 aliphatic rings. The fourth-order valence-electron chi connectivity index (χ4n) is 2.03. The van der Waals surface area contributed by atoms with E-state index in [1.54, 1.807) is 25.3 Å². The number of ether oxygens (including phenoxy) is 1. The van der Waals surface area contributed by atoms with Crippen LogP contribution in [0.25, 0.3) is 6.08 Å². The normalized spacial score (nSPS) is 22.2. The molecule has 0 heterocycles. The van der Waals surface area contributed by atoms with Crippen LogP contribution in [0.2, 0.25) is 0 Å². The quantitative estimate of drug-likeness (QED) is 0.849. The zero-order valence-corrected chi connectivity index (χ0v) is 11.2. The number of benzene rings is 1. The first-order chi connectivity index (χ1) is 9.60. The molecule has 2 unspecified atom stereocenters. The third kappa shape index (κ3) is 3.42. The predicted molar refractivity (Wildman–Crippen MR) is 75.3 cm³/mol. The number of ketones is 2. The lowest BCUT2D eigenvalue weighted by Crippen LogP contribution is -2.30. The molecule has 0 spiro atoms. The lowest BCUT2D eigenvalue weighted by molar-refractivity contribution is -0.123. The largest absolute Gasteiger partial charge is 0.497 e. The van der Waals surface area contributed by atoms with Gasteiger partial charge in [0.15, 0.2) is 11.6 Å². The van der Waals surface area contributed by atoms with E-state index in [1.165, 1.54) is 18.2 Å². The van der Waals surface area contributed by atoms with E-state index in [0.29, 0.717) is 0 Å².